The molecule has 94 valence electrons. The van der Waals surface area contributed by atoms with Gasteiger partial charge in [0, 0.05) is 6.20 Å². The molecule has 0 aliphatic carbocycles. The van der Waals surface area contributed by atoms with Crippen LogP contribution >= 0.6 is 0 Å². The van der Waals surface area contributed by atoms with Crippen LogP contribution < -0.4 is 11.1 Å². The second-order valence-corrected chi connectivity index (χ2v) is 3.38. The summed E-state index contributed by atoms with van der Waals surface area (Å²) in [6.07, 6.45) is -3.20. The van der Waals surface area contributed by atoms with E-state index in [-0.39, 0.29) is 18.2 Å². The lowest BCUT2D eigenvalue weighted by molar-refractivity contribution is -0.178. The van der Waals surface area contributed by atoms with Crippen molar-refractivity contribution < 1.29 is 18.0 Å². The highest BCUT2D eigenvalue weighted by Crippen LogP contribution is 2.25. The number of anilines is 1. The Labute approximate surface area is 95.2 Å². The number of amides is 1. The summed E-state index contributed by atoms with van der Waals surface area (Å²) in [5, 5.41) is 2.09. The molecule has 1 unspecified atom stereocenters. The van der Waals surface area contributed by atoms with E-state index in [4.69, 9.17) is 5.73 Å². The molecule has 1 heterocycles. The quantitative estimate of drug-likeness (QED) is 0.831. The molecule has 8 heteroatoms. The molecule has 0 saturated carbocycles. The smallest absolute Gasteiger partial charge is 0.384 e. The standard InChI is InChI=1S/C9H11F3N4O/c1-5(9(10,11)12)8(17)15-4-7-14-3-2-6(13)16-7/h2-3,5H,4H2,1H3,(H,15,17)(H2,13,14,16). The minimum absolute atomic E-state index is 0.160. The molecular formula is C9H11F3N4O. The van der Waals surface area contributed by atoms with E-state index < -0.39 is 18.0 Å². The van der Waals surface area contributed by atoms with Crippen molar-refractivity contribution >= 4 is 11.7 Å². The van der Waals surface area contributed by atoms with Crippen molar-refractivity contribution in [3.05, 3.63) is 18.1 Å². The van der Waals surface area contributed by atoms with Gasteiger partial charge in [0.2, 0.25) is 5.91 Å². The van der Waals surface area contributed by atoms with Crippen LogP contribution in [0.4, 0.5) is 19.0 Å². The average Bonchev–Trinajstić information content (AvgIpc) is 2.23. The zero-order valence-electron chi connectivity index (χ0n) is 8.95. The maximum atomic E-state index is 12.2. The largest absolute Gasteiger partial charge is 0.400 e. The number of alkyl halides is 3. The normalized spacial score (nSPS) is 13.2. The number of aromatic nitrogens is 2. The Morgan fingerprint density at radius 3 is 2.76 bits per heavy atom. The highest BCUT2D eigenvalue weighted by molar-refractivity contribution is 5.78. The van der Waals surface area contributed by atoms with E-state index in [0.29, 0.717) is 0 Å². The fourth-order valence-electron chi connectivity index (χ4n) is 0.968. The lowest BCUT2D eigenvalue weighted by atomic mass is 10.1. The van der Waals surface area contributed by atoms with Gasteiger partial charge in [-0.3, -0.25) is 4.79 Å². The maximum absolute atomic E-state index is 12.2. The molecule has 0 spiro atoms. The first-order valence-corrected chi connectivity index (χ1v) is 4.72. The topological polar surface area (TPSA) is 80.9 Å². The van der Waals surface area contributed by atoms with Crippen LogP contribution in [-0.4, -0.2) is 22.1 Å². The minimum Gasteiger partial charge on any atom is -0.384 e. The number of carbonyl (C=O) groups is 1. The predicted molar refractivity (Wildman–Crippen MR) is 53.5 cm³/mol. The van der Waals surface area contributed by atoms with Gasteiger partial charge in [-0.25, -0.2) is 9.97 Å². The molecular weight excluding hydrogens is 237 g/mol. The van der Waals surface area contributed by atoms with Crippen molar-refractivity contribution in [3.8, 4) is 0 Å². The van der Waals surface area contributed by atoms with Gasteiger partial charge in [-0.05, 0) is 13.0 Å². The second-order valence-electron chi connectivity index (χ2n) is 3.38. The number of hydrogen-bond donors (Lipinski definition) is 2. The molecule has 0 aliphatic heterocycles. The van der Waals surface area contributed by atoms with E-state index in [1.807, 2.05) is 0 Å². The summed E-state index contributed by atoms with van der Waals surface area (Å²) in [6.45, 7) is 0.597. The van der Waals surface area contributed by atoms with Gasteiger partial charge in [0.05, 0.1) is 6.54 Å². The van der Waals surface area contributed by atoms with Gasteiger partial charge in [-0.15, -0.1) is 0 Å². The van der Waals surface area contributed by atoms with Crippen molar-refractivity contribution in [2.45, 2.75) is 19.6 Å². The number of nitrogens with zero attached hydrogens (tertiary/aromatic N) is 2. The van der Waals surface area contributed by atoms with Gasteiger partial charge in [-0.1, -0.05) is 0 Å². The Morgan fingerprint density at radius 2 is 2.24 bits per heavy atom. The van der Waals surface area contributed by atoms with E-state index in [2.05, 4.69) is 15.3 Å². The third kappa shape index (κ3) is 3.89. The Bertz CT molecular complexity index is 407. The second kappa shape index (κ2) is 4.98. The Balaban J connectivity index is 2.54. The number of carbonyl (C=O) groups excluding carboxylic acids is 1. The number of nitrogens with two attached hydrogens (primary N) is 1. The fourth-order valence-corrected chi connectivity index (χ4v) is 0.968. The summed E-state index contributed by atoms with van der Waals surface area (Å²) in [7, 11) is 0. The van der Waals surface area contributed by atoms with Crippen LogP contribution in [-0.2, 0) is 11.3 Å². The van der Waals surface area contributed by atoms with Crippen LogP contribution in [0.3, 0.4) is 0 Å². The van der Waals surface area contributed by atoms with Crippen molar-refractivity contribution in [2.24, 2.45) is 5.92 Å². The van der Waals surface area contributed by atoms with Crippen LogP contribution in [0, 0.1) is 5.92 Å². The summed E-state index contributed by atoms with van der Waals surface area (Å²) < 4.78 is 36.5. The third-order valence-corrected chi connectivity index (χ3v) is 2.03. The van der Waals surface area contributed by atoms with Gasteiger partial charge in [0.25, 0.3) is 0 Å². The third-order valence-electron chi connectivity index (χ3n) is 2.03. The van der Waals surface area contributed by atoms with Crippen LogP contribution in [0.5, 0.6) is 0 Å². The molecule has 0 radical (unpaired) electrons. The van der Waals surface area contributed by atoms with Crippen molar-refractivity contribution in [1.29, 1.82) is 0 Å². The van der Waals surface area contributed by atoms with Crippen molar-refractivity contribution in [1.82, 2.24) is 15.3 Å². The number of rotatable bonds is 3. The molecule has 1 amide bonds. The zero-order valence-corrected chi connectivity index (χ0v) is 8.95. The molecule has 1 aromatic rings. The van der Waals surface area contributed by atoms with E-state index in [1.165, 1.54) is 12.3 Å². The van der Waals surface area contributed by atoms with E-state index in [0.717, 1.165) is 6.92 Å². The lowest BCUT2D eigenvalue weighted by Gasteiger charge is -2.14. The Hall–Kier alpha value is -1.86. The number of hydrogen-bond acceptors (Lipinski definition) is 4. The summed E-state index contributed by atoms with van der Waals surface area (Å²) in [5.74, 6) is -2.84. The summed E-state index contributed by atoms with van der Waals surface area (Å²) in [4.78, 5) is 18.6. The van der Waals surface area contributed by atoms with E-state index in [9.17, 15) is 18.0 Å². The number of nitrogens with one attached hydrogen (secondary N) is 1. The summed E-state index contributed by atoms with van der Waals surface area (Å²) in [6, 6.07) is 1.43. The maximum Gasteiger partial charge on any atom is 0.400 e. The van der Waals surface area contributed by atoms with Crippen LogP contribution in [0.1, 0.15) is 12.7 Å². The first-order chi connectivity index (χ1) is 7.80. The molecule has 0 bridgehead atoms. The predicted octanol–water partition coefficient (Wildman–Crippen LogP) is 0.873. The van der Waals surface area contributed by atoms with Gasteiger partial charge in [-0.2, -0.15) is 13.2 Å². The minimum atomic E-state index is -4.55. The number of nitrogen functional groups attached to an aromatic ring is 1. The molecule has 0 fully saturated rings. The van der Waals surface area contributed by atoms with Gasteiger partial charge < -0.3 is 11.1 Å². The molecule has 1 atom stereocenters. The fraction of sp³-hybridized carbons (Fsp3) is 0.444. The Kier molecular flexibility index (Phi) is 3.87. The molecule has 0 saturated heterocycles. The first kappa shape index (κ1) is 13.2. The molecule has 5 nitrogen and oxygen atoms in total. The van der Waals surface area contributed by atoms with Gasteiger partial charge in [0.1, 0.15) is 17.6 Å². The van der Waals surface area contributed by atoms with Crippen molar-refractivity contribution in [2.75, 3.05) is 5.73 Å². The first-order valence-electron chi connectivity index (χ1n) is 4.72. The highest BCUT2D eigenvalue weighted by atomic mass is 19.4. The molecule has 1 rings (SSSR count). The van der Waals surface area contributed by atoms with Crippen LogP contribution in [0.15, 0.2) is 12.3 Å². The molecule has 3 N–H and O–H groups in total. The van der Waals surface area contributed by atoms with Crippen molar-refractivity contribution in [3.63, 3.8) is 0 Å². The number of halogens is 3. The zero-order chi connectivity index (χ0) is 13.1. The molecule has 1 aromatic heterocycles. The van der Waals surface area contributed by atoms with Gasteiger partial charge >= 0.3 is 6.18 Å². The van der Waals surface area contributed by atoms with E-state index in [1.54, 1.807) is 0 Å². The average molecular weight is 248 g/mol. The van der Waals surface area contributed by atoms with Gasteiger partial charge in [0.15, 0.2) is 0 Å². The van der Waals surface area contributed by atoms with Crippen LogP contribution in [0.2, 0.25) is 0 Å². The molecule has 0 aromatic carbocycles. The summed E-state index contributed by atoms with van der Waals surface area (Å²) in [5.41, 5.74) is 5.35. The SMILES string of the molecule is CC(C(=O)NCc1nccc(N)n1)C(F)(F)F. The summed E-state index contributed by atoms with van der Waals surface area (Å²) >= 11 is 0. The van der Waals surface area contributed by atoms with E-state index >= 15 is 0 Å². The lowest BCUT2D eigenvalue weighted by Crippen LogP contribution is -2.37. The van der Waals surface area contributed by atoms with Crippen LogP contribution in [0.25, 0.3) is 0 Å². The molecule has 17 heavy (non-hydrogen) atoms. The molecule has 0 aliphatic rings. The highest BCUT2D eigenvalue weighted by Gasteiger charge is 2.40. The monoisotopic (exact) mass is 248 g/mol. The Morgan fingerprint density at radius 1 is 1.59 bits per heavy atom.